The second-order valence-corrected chi connectivity index (χ2v) is 12.3. The predicted octanol–water partition coefficient (Wildman–Crippen LogP) is 7.93. The zero-order valence-corrected chi connectivity index (χ0v) is 25.3. The molecule has 0 bridgehead atoms. The number of aromatic amines is 3. The fourth-order valence-corrected chi connectivity index (χ4v) is 7.37. The molecule has 2 atom stereocenters. The lowest BCUT2D eigenvalue weighted by Gasteiger charge is -2.07. The van der Waals surface area contributed by atoms with Crippen LogP contribution in [0.2, 0.25) is 0 Å². The summed E-state index contributed by atoms with van der Waals surface area (Å²) < 4.78 is 0. The molecule has 4 aromatic carbocycles. The topological polar surface area (TPSA) is 84.4 Å². The van der Waals surface area contributed by atoms with E-state index in [4.69, 9.17) is 15.0 Å². The van der Waals surface area contributed by atoms with Crippen molar-refractivity contribution in [2.24, 2.45) is 15.0 Å². The van der Waals surface area contributed by atoms with Crippen molar-refractivity contribution in [2.45, 2.75) is 11.8 Å². The van der Waals surface area contributed by atoms with Crippen LogP contribution in [-0.2, 0) is 0 Å². The molecule has 222 valence electrons. The van der Waals surface area contributed by atoms with Gasteiger partial charge in [0, 0.05) is 85.7 Å². The number of benzene rings is 4. The minimum absolute atomic E-state index is 0.0415. The Balaban J connectivity index is 1.22. The molecule has 6 nitrogen and oxygen atoms in total. The molecule has 0 spiro atoms. The first-order chi connectivity index (χ1) is 23.3. The molecule has 3 aliphatic heterocycles. The van der Waals surface area contributed by atoms with Gasteiger partial charge in [0.15, 0.2) is 0 Å². The standard InChI is InChI=1S/C41H28N6/c1-5-13-34-24(9-1)30(20-42-34)28-17-38(32-22-44-36-15-7-3-11-26(32)36)46-40(28)19-41-29(31-21-43-35-14-6-2-10-25(31)35)18-39(47-41)33-23-45-37-16-8-4-12-27(33)37/h1-23,32-33,42,46-47H. The van der Waals surface area contributed by atoms with E-state index < -0.39 is 0 Å². The summed E-state index contributed by atoms with van der Waals surface area (Å²) in [5, 5.41) is 3.32. The van der Waals surface area contributed by atoms with Crippen molar-refractivity contribution in [3.05, 3.63) is 160 Å². The van der Waals surface area contributed by atoms with Gasteiger partial charge >= 0.3 is 0 Å². The van der Waals surface area contributed by atoms with Crippen LogP contribution in [0.5, 0.6) is 0 Å². The van der Waals surface area contributed by atoms with E-state index in [1.54, 1.807) is 0 Å². The van der Waals surface area contributed by atoms with Crippen LogP contribution in [0.25, 0.3) is 33.7 Å². The van der Waals surface area contributed by atoms with Gasteiger partial charge in [-0.05, 0) is 53.6 Å². The number of rotatable bonds is 4. The molecule has 0 saturated carbocycles. The van der Waals surface area contributed by atoms with Crippen LogP contribution in [0.4, 0.5) is 17.1 Å². The molecule has 10 rings (SSSR count). The second kappa shape index (κ2) is 10.1. The largest absolute Gasteiger partial charge is 0.361 e. The van der Waals surface area contributed by atoms with Crippen molar-refractivity contribution in [1.29, 1.82) is 0 Å². The molecule has 0 amide bonds. The van der Waals surface area contributed by atoms with Crippen LogP contribution in [0.1, 0.15) is 45.6 Å². The molecule has 0 aliphatic carbocycles. The predicted molar refractivity (Wildman–Crippen MR) is 192 cm³/mol. The highest BCUT2D eigenvalue weighted by molar-refractivity contribution is 6.16. The molecule has 7 aromatic rings. The minimum Gasteiger partial charge on any atom is -0.361 e. The molecule has 2 unspecified atom stereocenters. The first kappa shape index (κ1) is 26.0. The van der Waals surface area contributed by atoms with E-state index in [9.17, 15) is 0 Å². The Morgan fingerprint density at radius 2 is 1.23 bits per heavy atom. The molecule has 0 fully saturated rings. The van der Waals surface area contributed by atoms with Crippen molar-refractivity contribution in [3.8, 4) is 11.1 Å². The van der Waals surface area contributed by atoms with Gasteiger partial charge in [-0.3, -0.25) is 15.0 Å². The van der Waals surface area contributed by atoms with Gasteiger partial charge in [0.25, 0.3) is 0 Å². The summed E-state index contributed by atoms with van der Waals surface area (Å²) in [4.78, 5) is 25.5. The third-order valence-corrected chi connectivity index (χ3v) is 9.66. The molecular formula is C41H28N6. The molecule has 6 heteroatoms. The van der Waals surface area contributed by atoms with E-state index in [0.29, 0.717) is 0 Å². The van der Waals surface area contributed by atoms with Crippen molar-refractivity contribution in [2.75, 3.05) is 0 Å². The van der Waals surface area contributed by atoms with E-state index in [-0.39, 0.29) is 11.8 Å². The quantitative estimate of drug-likeness (QED) is 0.182. The maximum Gasteiger partial charge on any atom is 0.0709 e. The van der Waals surface area contributed by atoms with Gasteiger partial charge in [0.05, 0.1) is 28.9 Å². The highest BCUT2D eigenvalue weighted by atomic mass is 14.8. The lowest BCUT2D eigenvalue weighted by Crippen LogP contribution is -2.25. The highest BCUT2D eigenvalue weighted by Crippen LogP contribution is 2.40. The zero-order chi connectivity index (χ0) is 30.9. The van der Waals surface area contributed by atoms with Crippen LogP contribution in [0.3, 0.4) is 0 Å². The lowest BCUT2D eigenvalue weighted by atomic mass is 9.97. The SMILES string of the molecule is C1=Nc2ccccc2C1=c1cc(C2C=Nc3ccccc32)[nH]c1=Cc1[nH]c(C2C=Nc3ccccc32)cc1-c1c[nH]c2ccccc12. The third kappa shape index (κ3) is 4.08. The second-order valence-electron chi connectivity index (χ2n) is 12.3. The Bertz CT molecular complexity index is 2610. The van der Waals surface area contributed by atoms with E-state index in [2.05, 4.69) is 124 Å². The number of nitrogens with one attached hydrogen (secondary N) is 3. The maximum atomic E-state index is 4.78. The van der Waals surface area contributed by atoms with Gasteiger partial charge in [0.1, 0.15) is 0 Å². The van der Waals surface area contributed by atoms with Gasteiger partial charge in [-0.2, -0.15) is 0 Å². The van der Waals surface area contributed by atoms with Crippen molar-refractivity contribution in [1.82, 2.24) is 15.0 Å². The van der Waals surface area contributed by atoms with Crippen LogP contribution < -0.4 is 10.6 Å². The normalized spacial score (nSPS) is 18.8. The van der Waals surface area contributed by atoms with Gasteiger partial charge in [-0.15, -0.1) is 0 Å². The van der Waals surface area contributed by atoms with Gasteiger partial charge in [-0.25, -0.2) is 0 Å². The monoisotopic (exact) mass is 604 g/mol. The number of hydrogen-bond acceptors (Lipinski definition) is 3. The molecule has 0 saturated heterocycles. The highest BCUT2D eigenvalue weighted by Gasteiger charge is 2.25. The van der Waals surface area contributed by atoms with Gasteiger partial charge in [0.2, 0.25) is 0 Å². The fraction of sp³-hybridized carbons (Fsp3) is 0.0488. The van der Waals surface area contributed by atoms with E-state index in [0.717, 1.165) is 72.5 Å². The van der Waals surface area contributed by atoms with E-state index in [1.165, 1.54) is 16.5 Å². The van der Waals surface area contributed by atoms with E-state index in [1.807, 2.05) is 30.6 Å². The first-order valence-corrected chi connectivity index (χ1v) is 15.9. The summed E-state index contributed by atoms with van der Waals surface area (Å²) in [6.45, 7) is 0. The number of aromatic nitrogens is 3. The van der Waals surface area contributed by atoms with Crippen LogP contribution in [-0.4, -0.2) is 33.6 Å². The molecule has 47 heavy (non-hydrogen) atoms. The van der Waals surface area contributed by atoms with Crippen LogP contribution >= 0.6 is 0 Å². The average molecular weight is 605 g/mol. The Morgan fingerprint density at radius 3 is 2.02 bits per heavy atom. The third-order valence-electron chi connectivity index (χ3n) is 9.66. The molecule has 3 aliphatic rings. The fourth-order valence-electron chi connectivity index (χ4n) is 7.37. The minimum atomic E-state index is 0.0415. The number of para-hydroxylation sites is 4. The van der Waals surface area contributed by atoms with Crippen molar-refractivity contribution in [3.63, 3.8) is 0 Å². The van der Waals surface area contributed by atoms with Crippen molar-refractivity contribution < 1.29 is 0 Å². The molecule has 6 heterocycles. The summed E-state index contributed by atoms with van der Waals surface area (Å²) in [7, 11) is 0. The summed E-state index contributed by atoms with van der Waals surface area (Å²) in [6, 6.07) is 38.2. The average Bonchev–Trinajstić information content (AvgIpc) is 3.96. The molecular weight excluding hydrogens is 576 g/mol. The number of nitrogens with zero attached hydrogens (tertiary/aromatic N) is 3. The smallest absolute Gasteiger partial charge is 0.0709 e. The molecule has 0 radical (unpaired) electrons. The first-order valence-electron chi connectivity index (χ1n) is 15.9. The Morgan fingerprint density at radius 1 is 0.574 bits per heavy atom. The van der Waals surface area contributed by atoms with E-state index >= 15 is 0 Å². The lowest BCUT2D eigenvalue weighted by molar-refractivity contribution is 1.04. The van der Waals surface area contributed by atoms with Gasteiger partial charge < -0.3 is 15.0 Å². The van der Waals surface area contributed by atoms with Crippen molar-refractivity contribution >= 4 is 58.3 Å². The number of aliphatic imine (C=N–C) groups is 3. The summed E-state index contributed by atoms with van der Waals surface area (Å²) in [5.41, 5.74) is 14.3. The summed E-state index contributed by atoms with van der Waals surface area (Å²) >= 11 is 0. The number of fused-ring (bicyclic) bond motifs is 4. The van der Waals surface area contributed by atoms with Gasteiger partial charge in [-0.1, -0.05) is 72.8 Å². The Kier molecular flexibility index (Phi) is 5.60. The summed E-state index contributed by atoms with van der Waals surface area (Å²) in [5.74, 6) is 0.0881. The molecule has 3 N–H and O–H groups in total. The van der Waals surface area contributed by atoms with Crippen LogP contribution in [0, 0.1) is 0 Å². The Hall–Kier alpha value is -6.27. The number of H-pyrrole nitrogens is 3. The molecule has 3 aromatic heterocycles. The number of hydrogen-bond donors (Lipinski definition) is 3. The maximum absolute atomic E-state index is 4.78. The van der Waals surface area contributed by atoms with Crippen LogP contribution in [0.15, 0.2) is 130 Å². The zero-order valence-electron chi connectivity index (χ0n) is 25.3. The Labute approximate surface area is 270 Å². The summed E-state index contributed by atoms with van der Waals surface area (Å²) in [6.07, 6.45) is 10.5.